The van der Waals surface area contributed by atoms with E-state index in [0.717, 1.165) is 22.6 Å². The number of fused-ring (bicyclic) bond motifs is 1. The van der Waals surface area contributed by atoms with Gasteiger partial charge in [0, 0.05) is 29.4 Å². The van der Waals surface area contributed by atoms with Crippen molar-refractivity contribution in [2.24, 2.45) is 0 Å². The molecule has 0 aliphatic carbocycles. The van der Waals surface area contributed by atoms with Crippen LogP contribution < -0.4 is 9.80 Å². The van der Waals surface area contributed by atoms with Crippen LogP contribution in [0, 0.1) is 6.92 Å². The van der Waals surface area contributed by atoms with Crippen LogP contribution in [0.4, 0.5) is 11.4 Å². The van der Waals surface area contributed by atoms with Gasteiger partial charge in [0.25, 0.3) is 5.91 Å². The molecule has 0 radical (unpaired) electrons. The van der Waals surface area contributed by atoms with Crippen LogP contribution in [0.3, 0.4) is 0 Å². The predicted octanol–water partition coefficient (Wildman–Crippen LogP) is 4.89. The standard InChI is InChI=1S/C28H28N6O2/c1-4-27(35)33(22-10-6-5-7-11-22)26-18-19(2)32(25-13-9-8-12-24(25)26)28(36)21-14-16-23(17-15-21)34-20(3)29-30-31-34/h5-17,19,26H,4,18H2,1-3H3/t19?,26-/m0/s1. The minimum absolute atomic E-state index is 0.0569. The second-order valence-electron chi connectivity index (χ2n) is 8.97. The molecular weight excluding hydrogens is 452 g/mol. The Balaban J connectivity index is 1.51. The van der Waals surface area contributed by atoms with Gasteiger partial charge in [0.05, 0.1) is 11.7 Å². The van der Waals surface area contributed by atoms with E-state index < -0.39 is 0 Å². The van der Waals surface area contributed by atoms with Crippen LogP contribution in [0.25, 0.3) is 5.69 Å². The molecule has 0 saturated heterocycles. The Morgan fingerprint density at radius 3 is 2.33 bits per heavy atom. The summed E-state index contributed by atoms with van der Waals surface area (Å²) in [5.74, 6) is 0.645. The van der Waals surface area contributed by atoms with E-state index in [1.807, 2.05) is 97.3 Å². The molecule has 8 heteroatoms. The Bertz CT molecular complexity index is 1380. The number of benzene rings is 3. The van der Waals surface area contributed by atoms with Crippen molar-refractivity contribution in [2.75, 3.05) is 9.80 Å². The monoisotopic (exact) mass is 480 g/mol. The third-order valence-corrected chi connectivity index (χ3v) is 6.68. The Hall–Kier alpha value is -4.33. The molecule has 0 bridgehead atoms. The molecule has 8 nitrogen and oxygen atoms in total. The summed E-state index contributed by atoms with van der Waals surface area (Å²) in [6, 6.07) is 24.7. The molecule has 1 aliphatic rings. The third-order valence-electron chi connectivity index (χ3n) is 6.68. The Kier molecular flexibility index (Phi) is 6.33. The molecule has 0 saturated carbocycles. The normalized spacial score (nSPS) is 16.9. The first-order valence-corrected chi connectivity index (χ1v) is 12.1. The second-order valence-corrected chi connectivity index (χ2v) is 8.97. The van der Waals surface area contributed by atoms with E-state index in [2.05, 4.69) is 15.5 Å². The van der Waals surface area contributed by atoms with Crippen LogP contribution >= 0.6 is 0 Å². The largest absolute Gasteiger partial charge is 0.305 e. The lowest BCUT2D eigenvalue weighted by Crippen LogP contribution is -2.47. The summed E-state index contributed by atoms with van der Waals surface area (Å²) < 4.78 is 1.63. The summed E-state index contributed by atoms with van der Waals surface area (Å²) >= 11 is 0. The van der Waals surface area contributed by atoms with Crippen molar-refractivity contribution in [3.8, 4) is 5.69 Å². The molecule has 0 fully saturated rings. The average molecular weight is 481 g/mol. The lowest BCUT2D eigenvalue weighted by molar-refractivity contribution is -0.118. The number of carbonyl (C=O) groups is 2. The van der Waals surface area contributed by atoms with Crippen molar-refractivity contribution in [1.82, 2.24) is 20.2 Å². The van der Waals surface area contributed by atoms with Crippen LogP contribution in [-0.4, -0.2) is 38.1 Å². The number of anilines is 2. The first kappa shape index (κ1) is 23.4. The maximum absolute atomic E-state index is 13.8. The highest BCUT2D eigenvalue weighted by Crippen LogP contribution is 2.42. The van der Waals surface area contributed by atoms with E-state index in [4.69, 9.17) is 0 Å². The minimum atomic E-state index is -0.166. The molecule has 0 spiro atoms. The first-order valence-electron chi connectivity index (χ1n) is 12.1. The van der Waals surface area contributed by atoms with Crippen LogP contribution in [0.15, 0.2) is 78.9 Å². The highest BCUT2D eigenvalue weighted by atomic mass is 16.2. The van der Waals surface area contributed by atoms with Gasteiger partial charge in [-0.05, 0) is 78.7 Å². The van der Waals surface area contributed by atoms with E-state index in [-0.39, 0.29) is 23.9 Å². The average Bonchev–Trinajstić information content (AvgIpc) is 3.35. The smallest absolute Gasteiger partial charge is 0.258 e. The van der Waals surface area contributed by atoms with E-state index in [1.54, 1.807) is 16.8 Å². The van der Waals surface area contributed by atoms with Crippen molar-refractivity contribution in [3.63, 3.8) is 0 Å². The van der Waals surface area contributed by atoms with Gasteiger partial charge in [0.1, 0.15) is 0 Å². The molecule has 3 aromatic carbocycles. The fourth-order valence-corrected chi connectivity index (χ4v) is 4.95. The first-order chi connectivity index (χ1) is 17.5. The van der Waals surface area contributed by atoms with Gasteiger partial charge >= 0.3 is 0 Å². The van der Waals surface area contributed by atoms with Crippen LogP contribution in [0.1, 0.15) is 54.5 Å². The number of tetrazole rings is 1. The quantitative estimate of drug-likeness (QED) is 0.406. The predicted molar refractivity (Wildman–Crippen MR) is 138 cm³/mol. The number of carbonyl (C=O) groups excluding carboxylic acids is 2. The fraction of sp³-hybridized carbons (Fsp3) is 0.250. The summed E-state index contributed by atoms with van der Waals surface area (Å²) in [5, 5.41) is 11.6. The molecule has 2 amide bonds. The SMILES string of the molecule is CCC(=O)N(c1ccccc1)[C@H]1CC(C)N(C(=O)c2ccc(-n3nnnc3C)cc2)c2ccccc21. The lowest BCUT2D eigenvalue weighted by Gasteiger charge is -2.43. The molecule has 2 heterocycles. The van der Waals surface area contributed by atoms with Crippen LogP contribution in [-0.2, 0) is 4.79 Å². The molecule has 4 aromatic rings. The highest BCUT2D eigenvalue weighted by molar-refractivity contribution is 6.07. The molecule has 1 aromatic heterocycles. The number of rotatable bonds is 5. The number of amides is 2. The Labute approximate surface area is 210 Å². The fourth-order valence-electron chi connectivity index (χ4n) is 4.95. The van der Waals surface area contributed by atoms with Crippen LogP contribution in [0.5, 0.6) is 0 Å². The van der Waals surface area contributed by atoms with Gasteiger partial charge in [-0.2, -0.15) is 4.68 Å². The molecule has 0 N–H and O–H groups in total. The minimum Gasteiger partial charge on any atom is -0.305 e. The van der Waals surface area contributed by atoms with Gasteiger partial charge in [0.15, 0.2) is 5.82 Å². The molecule has 1 aliphatic heterocycles. The number of hydrogen-bond donors (Lipinski definition) is 0. The van der Waals surface area contributed by atoms with Gasteiger partial charge < -0.3 is 9.80 Å². The van der Waals surface area contributed by atoms with Crippen molar-refractivity contribution < 1.29 is 9.59 Å². The lowest BCUT2D eigenvalue weighted by atomic mass is 9.89. The molecule has 5 rings (SSSR count). The summed E-state index contributed by atoms with van der Waals surface area (Å²) in [7, 11) is 0. The van der Waals surface area contributed by atoms with Gasteiger partial charge in [-0.15, -0.1) is 5.10 Å². The highest BCUT2D eigenvalue weighted by Gasteiger charge is 2.38. The molecular formula is C28H28N6O2. The van der Waals surface area contributed by atoms with E-state index in [1.165, 1.54) is 0 Å². The van der Waals surface area contributed by atoms with Gasteiger partial charge in [-0.3, -0.25) is 9.59 Å². The number of aromatic nitrogens is 4. The van der Waals surface area contributed by atoms with E-state index >= 15 is 0 Å². The zero-order valence-electron chi connectivity index (χ0n) is 20.6. The van der Waals surface area contributed by atoms with Crippen molar-refractivity contribution in [3.05, 3.63) is 95.8 Å². The number of para-hydroxylation sites is 2. The number of hydrogen-bond acceptors (Lipinski definition) is 5. The number of nitrogens with zero attached hydrogens (tertiary/aromatic N) is 6. The third kappa shape index (κ3) is 4.15. The van der Waals surface area contributed by atoms with Crippen molar-refractivity contribution in [2.45, 2.75) is 45.7 Å². The van der Waals surface area contributed by atoms with Crippen molar-refractivity contribution in [1.29, 1.82) is 0 Å². The molecule has 182 valence electrons. The zero-order valence-corrected chi connectivity index (χ0v) is 20.6. The number of aryl methyl sites for hydroxylation is 1. The Morgan fingerprint density at radius 1 is 0.972 bits per heavy atom. The van der Waals surface area contributed by atoms with Crippen LogP contribution in [0.2, 0.25) is 0 Å². The Morgan fingerprint density at radius 2 is 1.67 bits per heavy atom. The van der Waals surface area contributed by atoms with Gasteiger partial charge in [-0.1, -0.05) is 43.3 Å². The molecule has 2 atom stereocenters. The molecule has 36 heavy (non-hydrogen) atoms. The maximum atomic E-state index is 13.8. The molecule has 1 unspecified atom stereocenters. The maximum Gasteiger partial charge on any atom is 0.258 e. The van der Waals surface area contributed by atoms with Crippen molar-refractivity contribution >= 4 is 23.2 Å². The summed E-state index contributed by atoms with van der Waals surface area (Å²) in [6.07, 6.45) is 1.03. The van der Waals surface area contributed by atoms with Gasteiger partial charge in [-0.25, -0.2) is 0 Å². The zero-order chi connectivity index (χ0) is 25.2. The topological polar surface area (TPSA) is 84.2 Å². The van der Waals surface area contributed by atoms with Gasteiger partial charge in [0.2, 0.25) is 5.91 Å². The summed E-state index contributed by atoms with van der Waals surface area (Å²) in [6.45, 7) is 5.75. The summed E-state index contributed by atoms with van der Waals surface area (Å²) in [5.41, 5.74) is 4.03. The van der Waals surface area contributed by atoms with E-state index in [0.29, 0.717) is 24.2 Å². The summed E-state index contributed by atoms with van der Waals surface area (Å²) in [4.78, 5) is 30.7. The van der Waals surface area contributed by atoms with E-state index in [9.17, 15) is 9.59 Å². The second kappa shape index (κ2) is 9.73.